The summed E-state index contributed by atoms with van der Waals surface area (Å²) in [4.78, 5) is 24.3. The predicted octanol–water partition coefficient (Wildman–Crippen LogP) is 2.08. The lowest BCUT2D eigenvalue weighted by atomic mass is 10.1. The number of carbonyl (C=O) groups excluding carboxylic acids is 1. The van der Waals surface area contributed by atoms with E-state index in [9.17, 15) is 14.9 Å². The van der Waals surface area contributed by atoms with Gasteiger partial charge in [-0.3, -0.25) is 14.9 Å². The first-order valence-corrected chi connectivity index (χ1v) is 6.09. The van der Waals surface area contributed by atoms with E-state index in [1.54, 1.807) is 12.1 Å². The van der Waals surface area contributed by atoms with Crippen LogP contribution >= 0.6 is 0 Å². The molecule has 0 aromatic heterocycles. The zero-order valence-electron chi connectivity index (χ0n) is 10.4. The van der Waals surface area contributed by atoms with Crippen LogP contribution in [-0.2, 0) is 0 Å². The third-order valence-corrected chi connectivity index (χ3v) is 3.08. The maximum Gasteiger partial charge on any atom is 0.282 e. The average molecular weight is 258 g/mol. The highest BCUT2D eigenvalue weighted by molar-refractivity contribution is 5.98. The van der Waals surface area contributed by atoms with Crippen LogP contribution in [0.1, 0.15) is 23.2 Å². The Morgan fingerprint density at radius 2 is 2.16 bits per heavy atom. The van der Waals surface area contributed by atoms with Gasteiger partial charge in [0.2, 0.25) is 0 Å². The summed E-state index contributed by atoms with van der Waals surface area (Å²) >= 11 is 0. The number of nitro groups is 1. The second-order valence-corrected chi connectivity index (χ2v) is 4.61. The van der Waals surface area contributed by atoms with E-state index in [4.69, 9.17) is 6.42 Å². The minimum atomic E-state index is -0.543. The molecule has 0 spiro atoms. The van der Waals surface area contributed by atoms with Crippen LogP contribution in [0, 0.1) is 28.4 Å². The Morgan fingerprint density at radius 3 is 2.74 bits per heavy atom. The van der Waals surface area contributed by atoms with Crippen molar-refractivity contribution >= 4 is 11.6 Å². The van der Waals surface area contributed by atoms with Gasteiger partial charge in [0.1, 0.15) is 5.56 Å². The van der Waals surface area contributed by atoms with E-state index in [1.165, 1.54) is 17.0 Å². The molecular weight excluding hydrogens is 244 g/mol. The fraction of sp³-hybridized carbons (Fsp3) is 0.357. The van der Waals surface area contributed by atoms with Crippen LogP contribution in [0.15, 0.2) is 24.3 Å². The summed E-state index contributed by atoms with van der Waals surface area (Å²) < 4.78 is 0. The maximum absolute atomic E-state index is 12.3. The standard InChI is InChI=1S/C14H14N2O3/c1-2-9-15(10-11-7-8-11)14(17)12-5-3-4-6-13(12)16(18)19/h1,3-6,11H,7-10H2. The van der Waals surface area contributed by atoms with Crippen molar-refractivity contribution in [3.05, 3.63) is 39.9 Å². The fourth-order valence-electron chi connectivity index (χ4n) is 1.93. The van der Waals surface area contributed by atoms with Gasteiger partial charge in [0, 0.05) is 12.6 Å². The highest BCUT2D eigenvalue weighted by Crippen LogP contribution is 2.30. The number of rotatable bonds is 5. The quantitative estimate of drug-likeness (QED) is 0.461. The second kappa shape index (κ2) is 5.53. The van der Waals surface area contributed by atoms with Gasteiger partial charge in [0.15, 0.2) is 0 Å². The third kappa shape index (κ3) is 3.10. The summed E-state index contributed by atoms with van der Waals surface area (Å²) in [5.74, 6) is 2.56. The molecule has 0 saturated heterocycles. The van der Waals surface area contributed by atoms with E-state index in [0.717, 1.165) is 12.8 Å². The minimum Gasteiger partial charge on any atom is -0.327 e. The maximum atomic E-state index is 12.3. The number of para-hydroxylation sites is 1. The summed E-state index contributed by atoms with van der Waals surface area (Å²) in [6.45, 7) is 0.760. The lowest BCUT2D eigenvalue weighted by Crippen LogP contribution is -2.33. The molecule has 19 heavy (non-hydrogen) atoms. The molecule has 1 aromatic carbocycles. The average Bonchev–Trinajstić information content (AvgIpc) is 3.21. The Labute approximate surface area is 111 Å². The molecule has 0 heterocycles. The van der Waals surface area contributed by atoms with Gasteiger partial charge in [-0.25, -0.2) is 0 Å². The normalized spacial score (nSPS) is 13.6. The molecule has 1 saturated carbocycles. The smallest absolute Gasteiger partial charge is 0.282 e. The van der Waals surface area contributed by atoms with Crippen LogP contribution in [0.5, 0.6) is 0 Å². The van der Waals surface area contributed by atoms with Crippen molar-refractivity contribution in [3.63, 3.8) is 0 Å². The molecule has 0 unspecified atom stereocenters. The summed E-state index contributed by atoms with van der Waals surface area (Å²) in [5.41, 5.74) is -0.0753. The van der Waals surface area contributed by atoms with E-state index in [2.05, 4.69) is 5.92 Å². The monoisotopic (exact) mass is 258 g/mol. The number of benzene rings is 1. The van der Waals surface area contributed by atoms with Crippen LogP contribution in [0.2, 0.25) is 0 Å². The molecule has 0 N–H and O–H groups in total. The minimum absolute atomic E-state index is 0.100. The van der Waals surface area contributed by atoms with Crippen molar-refractivity contribution in [3.8, 4) is 12.3 Å². The molecule has 1 amide bonds. The Hall–Kier alpha value is -2.35. The summed E-state index contributed by atoms with van der Waals surface area (Å²) in [7, 11) is 0. The van der Waals surface area contributed by atoms with Crippen molar-refractivity contribution in [2.24, 2.45) is 5.92 Å². The summed E-state index contributed by atoms with van der Waals surface area (Å²) in [6.07, 6.45) is 7.44. The Bertz CT molecular complexity index is 544. The van der Waals surface area contributed by atoms with Crippen LogP contribution in [-0.4, -0.2) is 28.8 Å². The number of nitrogens with zero attached hydrogens (tertiary/aromatic N) is 2. The van der Waals surface area contributed by atoms with Crippen LogP contribution in [0.3, 0.4) is 0 Å². The van der Waals surface area contributed by atoms with Gasteiger partial charge in [-0.2, -0.15) is 0 Å². The van der Waals surface area contributed by atoms with Crippen LogP contribution in [0.25, 0.3) is 0 Å². The number of amides is 1. The molecule has 2 rings (SSSR count). The van der Waals surface area contributed by atoms with Crippen molar-refractivity contribution in [2.45, 2.75) is 12.8 Å². The summed E-state index contributed by atoms with van der Waals surface area (Å²) in [6, 6.07) is 5.96. The molecule has 1 aliphatic rings. The number of carbonyl (C=O) groups is 1. The van der Waals surface area contributed by atoms with Crippen LogP contribution < -0.4 is 0 Å². The van der Waals surface area contributed by atoms with Gasteiger partial charge in [-0.1, -0.05) is 18.1 Å². The highest BCUT2D eigenvalue weighted by atomic mass is 16.6. The zero-order chi connectivity index (χ0) is 13.8. The number of terminal acetylenes is 1. The van der Waals surface area contributed by atoms with E-state index in [0.29, 0.717) is 12.5 Å². The first kappa shape index (κ1) is 13.1. The van der Waals surface area contributed by atoms with Crippen molar-refractivity contribution in [2.75, 3.05) is 13.1 Å². The molecule has 1 aromatic rings. The van der Waals surface area contributed by atoms with Crippen molar-refractivity contribution < 1.29 is 9.72 Å². The highest BCUT2D eigenvalue weighted by Gasteiger charge is 2.29. The Kier molecular flexibility index (Phi) is 3.81. The molecule has 0 aliphatic heterocycles. The van der Waals surface area contributed by atoms with E-state index >= 15 is 0 Å². The molecule has 5 nitrogen and oxygen atoms in total. The lowest BCUT2D eigenvalue weighted by Gasteiger charge is -2.19. The second-order valence-electron chi connectivity index (χ2n) is 4.61. The molecule has 0 bridgehead atoms. The molecule has 5 heteroatoms. The van der Waals surface area contributed by atoms with Gasteiger partial charge in [-0.15, -0.1) is 6.42 Å². The Morgan fingerprint density at radius 1 is 1.47 bits per heavy atom. The van der Waals surface area contributed by atoms with E-state index in [-0.39, 0.29) is 23.7 Å². The van der Waals surface area contributed by atoms with E-state index < -0.39 is 4.92 Å². The van der Waals surface area contributed by atoms with Gasteiger partial charge < -0.3 is 4.90 Å². The molecule has 0 radical (unpaired) electrons. The molecule has 0 atom stereocenters. The first-order valence-electron chi connectivity index (χ1n) is 6.09. The summed E-state index contributed by atoms with van der Waals surface area (Å²) in [5, 5.41) is 10.9. The predicted molar refractivity (Wildman–Crippen MR) is 70.6 cm³/mol. The molecule has 1 aliphatic carbocycles. The van der Waals surface area contributed by atoms with Crippen molar-refractivity contribution in [1.29, 1.82) is 0 Å². The Balaban J connectivity index is 2.25. The molecule has 1 fully saturated rings. The van der Waals surface area contributed by atoms with Gasteiger partial charge in [0.25, 0.3) is 11.6 Å². The number of hydrogen-bond donors (Lipinski definition) is 0. The molecule has 98 valence electrons. The lowest BCUT2D eigenvalue weighted by molar-refractivity contribution is -0.385. The first-order chi connectivity index (χ1) is 9.13. The fourth-order valence-corrected chi connectivity index (χ4v) is 1.93. The van der Waals surface area contributed by atoms with Crippen LogP contribution in [0.4, 0.5) is 5.69 Å². The van der Waals surface area contributed by atoms with Gasteiger partial charge in [0.05, 0.1) is 11.5 Å². The number of hydrogen-bond acceptors (Lipinski definition) is 3. The third-order valence-electron chi connectivity index (χ3n) is 3.08. The van der Waals surface area contributed by atoms with Crippen molar-refractivity contribution in [1.82, 2.24) is 4.90 Å². The van der Waals surface area contributed by atoms with Gasteiger partial charge in [-0.05, 0) is 24.8 Å². The molecular formula is C14H14N2O3. The SMILES string of the molecule is C#CCN(CC1CC1)C(=O)c1ccccc1[N+](=O)[O-]. The van der Waals surface area contributed by atoms with Gasteiger partial charge >= 0.3 is 0 Å². The topological polar surface area (TPSA) is 63.5 Å². The zero-order valence-corrected chi connectivity index (χ0v) is 10.4. The number of nitro benzene ring substituents is 1. The van der Waals surface area contributed by atoms with E-state index in [1.807, 2.05) is 0 Å². The largest absolute Gasteiger partial charge is 0.327 e.